The van der Waals surface area contributed by atoms with Crippen LogP contribution < -0.4 is 0 Å². The van der Waals surface area contributed by atoms with Crippen LogP contribution in [-0.2, 0) is 0 Å². The van der Waals surface area contributed by atoms with E-state index in [2.05, 4.69) is 15.9 Å². The van der Waals surface area contributed by atoms with Gasteiger partial charge in [0.1, 0.15) is 5.82 Å². The molecule has 1 aromatic heterocycles. The van der Waals surface area contributed by atoms with Gasteiger partial charge in [-0.1, -0.05) is 57.9 Å². The summed E-state index contributed by atoms with van der Waals surface area (Å²) < 4.78 is 15.4. The minimum Gasteiger partial charge on any atom is -0.248 e. The predicted octanol–water partition coefficient (Wildman–Crippen LogP) is 7.55. The van der Waals surface area contributed by atoms with E-state index in [0.717, 1.165) is 32.2 Å². The second-order valence-electron chi connectivity index (χ2n) is 5.70. The minimum absolute atomic E-state index is 0. The van der Waals surface area contributed by atoms with Crippen molar-refractivity contribution < 1.29 is 4.39 Å². The minimum atomic E-state index is -0.267. The van der Waals surface area contributed by atoms with Gasteiger partial charge in [0.25, 0.3) is 0 Å². The molecule has 5 heteroatoms. The van der Waals surface area contributed by atoms with Crippen molar-refractivity contribution in [3.63, 3.8) is 0 Å². The molecule has 0 N–H and O–H groups in total. The van der Waals surface area contributed by atoms with Crippen LogP contribution in [0.1, 0.15) is 0 Å². The molecule has 0 aliphatic rings. The third-order valence-electron chi connectivity index (χ3n) is 4.07. The van der Waals surface area contributed by atoms with E-state index < -0.39 is 0 Å². The Morgan fingerprint density at radius 2 is 1.58 bits per heavy atom. The summed E-state index contributed by atoms with van der Waals surface area (Å²) in [6.45, 7) is 0. The van der Waals surface area contributed by atoms with Crippen molar-refractivity contribution in [1.29, 1.82) is 0 Å². The summed E-state index contributed by atoms with van der Waals surface area (Å²) in [4.78, 5) is 4.74. The van der Waals surface area contributed by atoms with Crippen molar-refractivity contribution in [3.05, 3.63) is 88.1 Å². The molecular formula is C21H13BrCl2FN. The van der Waals surface area contributed by atoms with Gasteiger partial charge in [-0.15, -0.1) is 12.4 Å². The summed E-state index contributed by atoms with van der Waals surface area (Å²) in [6.07, 6.45) is 0. The SMILES string of the molecule is Cl.Fc1ccccc1-c1cc(-c2ccc(Br)cc2)nc2ccc(Cl)cc12. The van der Waals surface area contributed by atoms with E-state index in [1.54, 1.807) is 18.2 Å². The number of rotatable bonds is 2. The van der Waals surface area contributed by atoms with Crippen molar-refractivity contribution in [2.45, 2.75) is 0 Å². The van der Waals surface area contributed by atoms with Gasteiger partial charge in [0.15, 0.2) is 0 Å². The van der Waals surface area contributed by atoms with Gasteiger partial charge >= 0.3 is 0 Å². The molecule has 0 amide bonds. The molecule has 1 heterocycles. The normalized spacial score (nSPS) is 10.6. The maximum absolute atomic E-state index is 14.4. The van der Waals surface area contributed by atoms with Gasteiger partial charge in [0, 0.05) is 26.0 Å². The monoisotopic (exact) mass is 447 g/mol. The first-order valence-corrected chi connectivity index (χ1v) is 8.90. The number of hydrogen-bond acceptors (Lipinski definition) is 1. The lowest BCUT2D eigenvalue weighted by Crippen LogP contribution is -1.92. The van der Waals surface area contributed by atoms with Crippen LogP contribution in [-0.4, -0.2) is 4.98 Å². The van der Waals surface area contributed by atoms with Gasteiger partial charge < -0.3 is 0 Å². The van der Waals surface area contributed by atoms with Crippen LogP contribution in [0, 0.1) is 5.82 Å². The molecule has 3 aromatic carbocycles. The molecule has 0 saturated carbocycles. The summed E-state index contributed by atoms with van der Waals surface area (Å²) in [5.41, 5.74) is 3.86. The Morgan fingerprint density at radius 1 is 0.846 bits per heavy atom. The number of pyridine rings is 1. The Balaban J connectivity index is 0.00000196. The Kier molecular flexibility index (Phi) is 5.61. The van der Waals surface area contributed by atoms with Crippen LogP contribution in [0.4, 0.5) is 4.39 Å². The van der Waals surface area contributed by atoms with Gasteiger partial charge in [-0.25, -0.2) is 9.37 Å². The van der Waals surface area contributed by atoms with E-state index in [1.807, 2.05) is 48.5 Å². The summed E-state index contributed by atoms with van der Waals surface area (Å²) in [6, 6.07) is 22.1. The average molecular weight is 449 g/mol. The largest absolute Gasteiger partial charge is 0.248 e. The Hall–Kier alpha value is -1.94. The molecular weight excluding hydrogens is 436 g/mol. The number of halogens is 4. The molecule has 0 radical (unpaired) electrons. The van der Waals surface area contributed by atoms with E-state index in [1.165, 1.54) is 6.07 Å². The van der Waals surface area contributed by atoms with Crippen molar-refractivity contribution in [2.24, 2.45) is 0 Å². The lowest BCUT2D eigenvalue weighted by atomic mass is 9.98. The number of fused-ring (bicyclic) bond motifs is 1. The third kappa shape index (κ3) is 3.61. The second-order valence-corrected chi connectivity index (χ2v) is 7.06. The smallest absolute Gasteiger partial charge is 0.131 e. The number of hydrogen-bond donors (Lipinski definition) is 0. The fourth-order valence-corrected chi connectivity index (χ4v) is 3.31. The Bertz CT molecular complexity index is 1080. The van der Waals surface area contributed by atoms with E-state index in [-0.39, 0.29) is 18.2 Å². The highest BCUT2D eigenvalue weighted by atomic mass is 79.9. The molecule has 0 spiro atoms. The fourth-order valence-electron chi connectivity index (χ4n) is 2.87. The summed E-state index contributed by atoms with van der Waals surface area (Å²) >= 11 is 9.61. The highest BCUT2D eigenvalue weighted by Crippen LogP contribution is 2.34. The maximum Gasteiger partial charge on any atom is 0.131 e. The number of nitrogens with zero attached hydrogens (tertiary/aromatic N) is 1. The molecule has 0 aliphatic heterocycles. The topological polar surface area (TPSA) is 12.9 Å². The lowest BCUT2D eigenvalue weighted by Gasteiger charge is -2.11. The molecule has 0 fully saturated rings. The van der Waals surface area contributed by atoms with Crippen molar-refractivity contribution >= 4 is 50.8 Å². The van der Waals surface area contributed by atoms with Crippen LogP contribution in [0.2, 0.25) is 5.02 Å². The molecule has 4 rings (SSSR count). The molecule has 0 atom stereocenters. The first kappa shape index (κ1) is 18.8. The lowest BCUT2D eigenvalue weighted by molar-refractivity contribution is 0.631. The van der Waals surface area contributed by atoms with Gasteiger partial charge in [0.05, 0.1) is 11.2 Å². The standard InChI is InChI=1S/C21H12BrClFN.ClH/c22-14-7-5-13(6-8-14)21-12-17(16-3-1-2-4-19(16)24)18-11-15(23)9-10-20(18)25-21;/h1-12H;1H. The Morgan fingerprint density at radius 3 is 2.31 bits per heavy atom. The average Bonchev–Trinajstić information content (AvgIpc) is 2.62. The zero-order valence-electron chi connectivity index (χ0n) is 13.4. The van der Waals surface area contributed by atoms with Crippen LogP contribution in [0.25, 0.3) is 33.3 Å². The quantitative estimate of drug-likeness (QED) is 0.308. The fraction of sp³-hybridized carbons (Fsp3) is 0. The first-order valence-electron chi connectivity index (χ1n) is 7.73. The molecule has 0 unspecified atom stereocenters. The number of benzene rings is 3. The number of aromatic nitrogens is 1. The maximum atomic E-state index is 14.4. The van der Waals surface area contributed by atoms with Crippen LogP contribution >= 0.6 is 39.9 Å². The van der Waals surface area contributed by atoms with Gasteiger partial charge in [-0.3, -0.25) is 0 Å². The summed E-state index contributed by atoms with van der Waals surface area (Å²) in [5.74, 6) is -0.267. The van der Waals surface area contributed by atoms with Crippen LogP contribution in [0.3, 0.4) is 0 Å². The van der Waals surface area contributed by atoms with Crippen LogP contribution in [0.15, 0.2) is 77.3 Å². The molecule has 1 nitrogen and oxygen atoms in total. The summed E-state index contributed by atoms with van der Waals surface area (Å²) in [7, 11) is 0. The highest BCUT2D eigenvalue weighted by molar-refractivity contribution is 9.10. The van der Waals surface area contributed by atoms with Gasteiger partial charge in [-0.05, 0) is 48.0 Å². The Labute approximate surface area is 170 Å². The highest BCUT2D eigenvalue weighted by Gasteiger charge is 2.13. The second kappa shape index (κ2) is 7.75. The summed E-state index contributed by atoms with van der Waals surface area (Å²) in [5, 5.41) is 1.43. The molecule has 0 aliphatic carbocycles. The van der Waals surface area contributed by atoms with Crippen LogP contribution in [0.5, 0.6) is 0 Å². The molecule has 0 bridgehead atoms. The van der Waals surface area contributed by atoms with E-state index in [0.29, 0.717) is 10.6 Å². The molecule has 4 aromatic rings. The van der Waals surface area contributed by atoms with E-state index in [9.17, 15) is 4.39 Å². The molecule has 130 valence electrons. The van der Waals surface area contributed by atoms with E-state index >= 15 is 0 Å². The molecule has 26 heavy (non-hydrogen) atoms. The van der Waals surface area contributed by atoms with Gasteiger partial charge in [-0.2, -0.15) is 0 Å². The van der Waals surface area contributed by atoms with Crippen molar-refractivity contribution in [1.82, 2.24) is 4.98 Å². The third-order valence-corrected chi connectivity index (χ3v) is 4.84. The van der Waals surface area contributed by atoms with Gasteiger partial charge in [0.2, 0.25) is 0 Å². The zero-order valence-corrected chi connectivity index (χ0v) is 16.6. The molecule has 0 saturated heterocycles. The van der Waals surface area contributed by atoms with Crippen molar-refractivity contribution in [3.8, 4) is 22.4 Å². The first-order chi connectivity index (χ1) is 12.1. The zero-order chi connectivity index (χ0) is 17.4. The predicted molar refractivity (Wildman–Crippen MR) is 113 cm³/mol. The van der Waals surface area contributed by atoms with E-state index in [4.69, 9.17) is 16.6 Å². The van der Waals surface area contributed by atoms with Crippen molar-refractivity contribution in [2.75, 3.05) is 0 Å².